The van der Waals surface area contributed by atoms with Crippen molar-refractivity contribution in [2.75, 3.05) is 31.6 Å². The third kappa shape index (κ3) is 5.23. The lowest BCUT2D eigenvalue weighted by Crippen LogP contribution is -2.73. The number of fused-ring (bicyclic) bond motifs is 4. The Morgan fingerprint density at radius 1 is 1.10 bits per heavy atom. The highest BCUT2D eigenvalue weighted by atomic mass is 32.2. The number of likely N-dealkylation sites (tertiary alicyclic amines) is 1. The van der Waals surface area contributed by atoms with Crippen molar-refractivity contribution in [3.63, 3.8) is 0 Å². The number of halogens is 4. The fourth-order valence-corrected chi connectivity index (χ4v) is 10.1. The van der Waals surface area contributed by atoms with E-state index in [1.165, 1.54) is 7.05 Å². The number of nitrogens with one attached hydrogen (secondary N) is 3. The number of hydrazine groups is 1. The first-order valence-corrected chi connectivity index (χ1v) is 16.5. The van der Waals surface area contributed by atoms with Gasteiger partial charge in [-0.2, -0.15) is 13.2 Å². The van der Waals surface area contributed by atoms with Crippen LogP contribution in [0.3, 0.4) is 0 Å². The van der Waals surface area contributed by atoms with Gasteiger partial charge in [0.05, 0.1) is 6.17 Å². The summed E-state index contributed by atoms with van der Waals surface area (Å²) in [7, 11) is -1.44. The molecule has 6 fully saturated rings. The van der Waals surface area contributed by atoms with Crippen molar-refractivity contribution in [3.8, 4) is 0 Å². The second-order valence-corrected chi connectivity index (χ2v) is 15.5. The molecule has 13 heteroatoms. The molecule has 2 saturated carbocycles. The molecule has 0 bridgehead atoms. The van der Waals surface area contributed by atoms with Crippen LogP contribution in [0.2, 0.25) is 0 Å². The fourth-order valence-electron chi connectivity index (χ4n) is 8.59. The van der Waals surface area contributed by atoms with Crippen LogP contribution in [0.1, 0.15) is 64.2 Å². The summed E-state index contributed by atoms with van der Waals surface area (Å²) in [6.07, 6.45) is 0.751. The van der Waals surface area contributed by atoms with E-state index >= 15 is 0 Å². The van der Waals surface area contributed by atoms with E-state index in [4.69, 9.17) is 4.78 Å². The topological polar surface area (TPSA) is 91.8 Å². The lowest BCUT2D eigenvalue weighted by Gasteiger charge is -2.56. The molecule has 4 unspecified atom stereocenters. The van der Waals surface area contributed by atoms with Crippen LogP contribution in [-0.4, -0.2) is 99.4 Å². The Balaban J connectivity index is 1.12. The zero-order chi connectivity index (χ0) is 27.7. The minimum Gasteiger partial charge on any atom is -0.333 e. The first kappa shape index (κ1) is 28.1. The van der Waals surface area contributed by atoms with E-state index in [1.807, 2.05) is 0 Å². The molecule has 39 heavy (non-hydrogen) atoms. The number of amides is 1. The largest absolute Gasteiger partial charge is 0.409 e. The number of nitrogens with zero attached hydrogens (tertiary/aromatic N) is 3. The average Bonchev–Trinajstić information content (AvgIpc) is 3.53. The molecule has 0 radical (unpaired) electrons. The van der Waals surface area contributed by atoms with Gasteiger partial charge in [0.25, 0.3) is 0 Å². The van der Waals surface area contributed by atoms with Crippen LogP contribution in [0, 0.1) is 22.0 Å². The molecule has 1 amide bonds. The molecule has 1 spiro atoms. The van der Waals surface area contributed by atoms with Gasteiger partial charge in [-0.1, -0.05) is 0 Å². The first-order valence-electron chi connectivity index (χ1n) is 14.6. The zero-order valence-corrected chi connectivity index (χ0v) is 23.4. The second kappa shape index (κ2) is 10.1. The van der Waals surface area contributed by atoms with Gasteiger partial charge in [0.1, 0.15) is 6.04 Å². The van der Waals surface area contributed by atoms with Gasteiger partial charge in [0.15, 0.2) is 6.30 Å². The average molecular weight is 579 g/mol. The number of piperidine rings is 1. The highest BCUT2D eigenvalue weighted by Crippen LogP contribution is 2.58. The Hall–Kier alpha value is -1.02. The molecule has 6 rings (SSSR count). The van der Waals surface area contributed by atoms with Crippen molar-refractivity contribution in [2.24, 2.45) is 17.3 Å². The number of carbonyl (C=O) groups is 1. The number of carbonyl (C=O) groups excluding carboxylic acids is 1. The molecule has 5 atom stereocenters. The number of rotatable bonds is 4. The summed E-state index contributed by atoms with van der Waals surface area (Å²) in [5.41, 5.74) is 3.28. The van der Waals surface area contributed by atoms with E-state index in [0.29, 0.717) is 32.1 Å². The van der Waals surface area contributed by atoms with Crippen LogP contribution in [0.25, 0.3) is 0 Å². The summed E-state index contributed by atoms with van der Waals surface area (Å²) in [4.78, 5) is 16.5. The van der Waals surface area contributed by atoms with E-state index < -0.39 is 46.0 Å². The molecular weight excluding hydrogens is 536 g/mol. The maximum absolute atomic E-state index is 14.4. The SMILES string of the molecule is CN(C(=O)C1CCS(=N)(=O)CC1)[C@@H](C1CCC(N2CCC3(CC3)C3C2CNC2CC(F)NN23)CC1)C(F)(F)F. The molecule has 3 N–H and O–H groups in total. The molecule has 2 aliphatic carbocycles. The summed E-state index contributed by atoms with van der Waals surface area (Å²) in [6.45, 7) is 1.70. The fraction of sp³-hybridized carbons (Fsp3) is 0.962. The molecule has 4 heterocycles. The minimum absolute atomic E-state index is 0.00762. The lowest BCUT2D eigenvalue weighted by molar-refractivity contribution is -0.203. The van der Waals surface area contributed by atoms with Gasteiger partial charge in [0, 0.05) is 65.3 Å². The van der Waals surface area contributed by atoms with Crippen molar-refractivity contribution >= 4 is 15.6 Å². The normalized spacial score (nSPS) is 43.5. The number of alkyl halides is 4. The van der Waals surface area contributed by atoms with Crippen LogP contribution in [0.15, 0.2) is 0 Å². The molecule has 0 aromatic carbocycles. The van der Waals surface area contributed by atoms with E-state index in [9.17, 15) is 26.6 Å². The van der Waals surface area contributed by atoms with Crippen LogP contribution >= 0.6 is 0 Å². The Morgan fingerprint density at radius 2 is 1.77 bits per heavy atom. The van der Waals surface area contributed by atoms with Crippen molar-refractivity contribution in [2.45, 2.75) is 107 Å². The standard InChI is InChI=1S/C26H42F4N6O2S/c1-34(24(37)17-6-12-39(31,38)13-7-17)22(26(28,29)30)16-2-4-18(5-3-16)35-11-10-25(8-9-25)23-19(35)15-32-21-14-20(27)33-36(21)23/h16-23,31-33H,2-15H2,1H3/t16?,17?,18?,19?,20?,21?,22-,23?,39?/m0/s1. The second-order valence-electron chi connectivity index (χ2n) is 13.0. The van der Waals surface area contributed by atoms with Crippen molar-refractivity contribution < 1.29 is 26.6 Å². The Bertz CT molecular complexity index is 1030. The summed E-state index contributed by atoms with van der Waals surface area (Å²) in [5, 5.41) is 5.63. The van der Waals surface area contributed by atoms with Crippen LogP contribution < -0.4 is 10.7 Å². The lowest BCUT2D eigenvalue weighted by atomic mass is 9.76. The van der Waals surface area contributed by atoms with Crippen molar-refractivity contribution in [3.05, 3.63) is 0 Å². The Kier molecular flexibility index (Phi) is 7.25. The number of hydrogen-bond acceptors (Lipinski definition) is 7. The molecule has 6 aliphatic rings. The van der Waals surface area contributed by atoms with E-state index in [0.717, 1.165) is 37.3 Å². The highest BCUT2D eigenvalue weighted by Gasteiger charge is 2.62. The summed E-state index contributed by atoms with van der Waals surface area (Å²) in [6, 6.07) is -1.22. The summed E-state index contributed by atoms with van der Waals surface area (Å²) in [5.74, 6) is -1.63. The zero-order valence-electron chi connectivity index (χ0n) is 22.6. The molecule has 222 valence electrons. The van der Waals surface area contributed by atoms with Gasteiger partial charge in [-0.05, 0) is 75.7 Å². The van der Waals surface area contributed by atoms with Gasteiger partial charge in [-0.25, -0.2) is 19.0 Å². The molecule has 0 aromatic heterocycles. The predicted molar refractivity (Wildman–Crippen MR) is 139 cm³/mol. The van der Waals surface area contributed by atoms with E-state index in [2.05, 4.69) is 20.7 Å². The van der Waals surface area contributed by atoms with Gasteiger partial charge in [-0.15, -0.1) is 0 Å². The Morgan fingerprint density at radius 3 is 2.38 bits per heavy atom. The monoisotopic (exact) mass is 578 g/mol. The van der Waals surface area contributed by atoms with Gasteiger partial charge in [-0.3, -0.25) is 19.8 Å². The maximum atomic E-state index is 14.4. The molecule has 0 aromatic rings. The first-order chi connectivity index (χ1) is 18.4. The van der Waals surface area contributed by atoms with Crippen LogP contribution in [0.5, 0.6) is 0 Å². The maximum Gasteiger partial charge on any atom is 0.409 e. The van der Waals surface area contributed by atoms with Crippen LogP contribution in [-0.2, 0) is 14.5 Å². The molecule has 4 aliphatic heterocycles. The van der Waals surface area contributed by atoms with E-state index in [-0.39, 0.29) is 54.1 Å². The third-order valence-electron chi connectivity index (χ3n) is 10.8. The third-order valence-corrected chi connectivity index (χ3v) is 12.6. The summed E-state index contributed by atoms with van der Waals surface area (Å²) >= 11 is 0. The summed E-state index contributed by atoms with van der Waals surface area (Å²) < 4.78 is 77.1. The molecular formula is C26H42F4N6O2S. The quantitative estimate of drug-likeness (QED) is 0.351. The smallest absolute Gasteiger partial charge is 0.333 e. The van der Waals surface area contributed by atoms with Crippen molar-refractivity contribution in [1.82, 2.24) is 25.6 Å². The van der Waals surface area contributed by atoms with Crippen molar-refractivity contribution in [1.29, 1.82) is 4.78 Å². The molecule has 8 nitrogen and oxygen atoms in total. The Labute approximate surface area is 228 Å². The van der Waals surface area contributed by atoms with Gasteiger partial charge in [0.2, 0.25) is 5.91 Å². The van der Waals surface area contributed by atoms with Gasteiger partial charge < -0.3 is 4.90 Å². The molecule has 4 saturated heterocycles. The highest BCUT2D eigenvalue weighted by molar-refractivity contribution is 7.92. The van der Waals surface area contributed by atoms with E-state index in [1.54, 1.807) is 0 Å². The van der Waals surface area contributed by atoms with Crippen LogP contribution in [0.4, 0.5) is 17.6 Å². The number of hydrogen-bond donors (Lipinski definition) is 3. The van der Waals surface area contributed by atoms with Gasteiger partial charge >= 0.3 is 6.18 Å². The minimum atomic E-state index is -4.53. The predicted octanol–water partition coefficient (Wildman–Crippen LogP) is 3.05.